The molecule has 0 amide bonds. The van der Waals surface area contributed by atoms with E-state index in [4.69, 9.17) is 0 Å². The first-order valence-electron chi connectivity index (χ1n) is 8.38. The summed E-state index contributed by atoms with van der Waals surface area (Å²) in [4.78, 5) is 4.56. The van der Waals surface area contributed by atoms with Crippen LogP contribution in [0.25, 0.3) is 0 Å². The number of hydrogen-bond donors (Lipinski definition) is 2. The van der Waals surface area contributed by atoms with E-state index in [-0.39, 0.29) is 30.6 Å². The third kappa shape index (κ3) is 8.88. The van der Waals surface area contributed by atoms with Gasteiger partial charge in [0.1, 0.15) is 6.61 Å². The van der Waals surface area contributed by atoms with E-state index in [1.165, 1.54) is 0 Å². The summed E-state index contributed by atoms with van der Waals surface area (Å²) in [5.41, 5.74) is 1.69. The van der Waals surface area contributed by atoms with Crippen molar-refractivity contribution in [3.63, 3.8) is 0 Å². The number of rotatable bonds is 7. The molecular weight excluding hydrogens is 458 g/mol. The van der Waals surface area contributed by atoms with Gasteiger partial charge in [-0.15, -0.1) is 24.0 Å². The third-order valence-electron chi connectivity index (χ3n) is 3.67. The maximum absolute atomic E-state index is 12.1. The van der Waals surface area contributed by atoms with Crippen molar-refractivity contribution in [2.24, 2.45) is 4.99 Å². The molecule has 2 N–H and O–H groups in total. The van der Waals surface area contributed by atoms with Gasteiger partial charge in [0.15, 0.2) is 5.96 Å². The van der Waals surface area contributed by atoms with E-state index in [0.717, 1.165) is 30.9 Å². The molecule has 4 nitrogen and oxygen atoms in total. The van der Waals surface area contributed by atoms with Crippen molar-refractivity contribution in [3.8, 4) is 0 Å². The number of nitrogens with zero attached hydrogens (tertiary/aromatic N) is 1. The van der Waals surface area contributed by atoms with Gasteiger partial charge in [-0.25, -0.2) is 4.99 Å². The highest BCUT2D eigenvalue weighted by atomic mass is 127. The molecule has 0 spiro atoms. The van der Waals surface area contributed by atoms with Crippen molar-refractivity contribution in [2.75, 3.05) is 13.2 Å². The van der Waals surface area contributed by atoms with Crippen molar-refractivity contribution in [3.05, 3.63) is 47.5 Å². The Bertz CT molecular complexity index is 580. The number of hydrogen-bond acceptors (Lipinski definition) is 2. The predicted octanol–water partition coefficient (Wildman–Crippen LogP) is 4.16. The number of nitrogens with one attached hydrogen (secondary N) is 2. The van der Waals surface area contributed by atoms with Crippen molar-refractivity contribution in [2.45, 2.75) is 45.1 Å². The van der Waals surface area contributed by atoms with Crippen LogP contribution in [0.2, 0.25) is 0 Å². The van der Waals surface area contributed by atoms with Gasteiger partial charge in [0.2, 0.25) is 0 Å². The van der Waals surface area contributed by atoms with E-state index in [1.54, 1.807) is 12.1 Å². The first-order chi connectivity index (χ1) is 12.0. The normalized spacial score (nSPS) is 15.0. The molecule has 0 atom stereocenters. The Morgan fingerprint density at radius 2 is 1.77 bits per heavy atom. The lowest BCUT2D eigenvalue weighted by atomic mass is 10.1. The van der Waals surface area contributed by atoms with Crippen molar-refractivity contribution in [1.29, 1.82) is 0 Å². The van der Waals surface area contributed by atoms with Gasteiger partial charge in [-0.1, -0.05) is 36.4 Å². The summed E-state index contributed by atoms with van der Waals surface area (Å²) in [5.74, 6) is 0.772. The number of alkyl halides is 3. The van der Waals surface area contributed by atoms with E-state index < -0.39 is 12.8 Å². The summed E-state index contributed by atoms with van der Waals surface area (Å²) in [6.07, 6.45) is 2.01. The van der Waals surface area contributed by atoms with Gasteiger partial charge in [0, 0.05) is 12.6 Å². The fourth-order valence-electron chi connectivity index (χ4n) is 2.44. The lowest BCUT2D eigenvalue weighted by Crippen LogP contribution is -2.42. The molecule has 146 valence electrons. The second-order valence-electron chi connectivity index (χ2n) is 5.90. The molecule has 0 unspecified atom stereocenters. The lowest BCUT2D eigenvalue weighted by Gasteiger charge is -2.16. The quantitative estimate of drug-likeness (QED) is 0.265. The Morgan fingerprint density at radius 3 is 2.35 bits per heavy atom. The zero-order valence-electron chi connectivity index (χ0n) is 14.7. The molecule has 0 saturated heterocycles. The van der Waals surface area contributed by atoms with Crippen LogP contribution in [0.5, 0.6) is 0 Å². The Hall–Kier alpha value is -1.29. The van der Waals surface area contributed by atoms with Crippen LogP contribution in [0, 0.1) is 0 Å². The van der Waals surface area contributed by atoms with E-state index >= 15 is 0 Å². The van der Waals surface area contributed by atoms with Crippen molar-refractivity contribution in [1.82, 2.24) is 10.6 Å². The van der Waals surface area contributed by atoms with Crippen LogP contribution in [-0.2, 0) is 17.9 Å². The van der Waals surface area contributed by atoms with Gasteiger partial charge in [0.05, 0.1) is 13.2 Å². The minimum absolute atomic E-state index is 0. The fraction of sp³-hybridized carbons (Fsp3) is 0.500. The van der Waals surface area contributed by atoms with Crippen LogP contribution in [0.1, 0.15) is 30.9 Å². The largest absolute Gasteiger partial charge is 0.411 e. The summed E-state index contributed by atoms with van der Waals surface area (Å²) >= 11 is 0. The number of benzene rings is 1. The second-order valence-corrected chi connectivity index (χ2v) is 5.90. The number of guanidine groups is 1. The Labute approximate surface area is 169 Å². The standard InChI is InChI=1S/C18H24F3N3O.HI/c1-2-22-17(24-16-5-3-4-6-16)23-11-14-7-9-15(10-8-14)12-25-13-18(19,20)21;/h3-4,7-10,16H,2,5-6,11-13H2,1H3,(H2,22,23,24);1H. The summed E-state index contributed by atoms with van der Waals surface area (Å²) in [5, 5.41) is 6.61. The van der Waals surface area contributed by atoms with Gasteiger partial charge < -0.3 is 15.4 Å². The van der Waals surface area contributed by atoms with Crippen molar-refractivity contribution < 1.29 is 17.9 Å². The van der Waals surface area contributed by atoms with Crippen LogP contribution < -0.4 is 10.6 Å². The van der Waals surface area contributed by atoms with Crippen LogP contribution >= 0.6 is 24.0 Å². The van der Waals surface area contributed by atoms with Crippen molar-refractivity contribution >= 4 is 29.9 Å². The molecule has 0 bridgehead atoms. The van der Waals surface area contributed by atoms with Gasteiger partial charge in [0.25, 0.3) is 0 Å². The number of halogens is 4. The fourth-order valence-corrected chi connectivity index (χ4v) is 2.44. The van der Waals surface area contributed by atoms with Gasteiger partial charge >= 0.3 is 6.18 Å². The average molecular weight is 483 g/mol. The SMILES string of the molecule is CCNC(=NCc1ccc(COCC(F)(F)F)cc1)NC1CC=CC1.I. The summed E-state index contributed by atoms with van der Waals surface area (Å²) < 4.78 is 40.8. The molecule has 1 aliphatic carbocycles. The Kier molecular flexibility index (Phi) is 10.0. The van der Waals surface area contributed by atoms with Gasteiger partial charge in [-0.3, -0.25) is 0 Å². The first-order valence-corrected chi connectivity index (χ1v) is 8.38. The molecule has 0 heterocycles. The molecule has 1 aromatic carbocycles. The van der Waals surface area contributed by atoms with Crippen LogP contribution in [0.15, 0.2) is 41.4 Å². The Balaban J connectivity index is 0.00000338. The molecule has 0 aliphatic heterocycles. The molecular formula is C18H25F3IN3O. The van der Waals surface area contributed by atoms with E-state index in [0.29, 0.717) is 18.2 Å². The maximum atomic E-state index is 12.1. The molecule has 26 heavy (non-hydrogen) atoms. The maximum Gasteiger partial charge on any atom is 0.411 e. The molecule has 2 rings (SSSR count). The van der Waals surface area contributed by atoms with E-state index in [9.17, 15) is 13.2 Å². The highest BCUT2D eigenvalue weighted by Gasteiger charge is 2.27. The zero-order chi connectivity index (χ0) is 18.1. The number of ether oxygens (including phenoxy) is 1. The molecule has 0 radical (unpaired) electrons. The predicted molar refractivity (Wildman–Crippen MR) is 108 cm³/mol. The van der Waals surface area contributed by atoms with Gasteiger partial charge in [-0.2, -0.15) is 13.2 Å². The van der Waals surface area contributed by atoms with Crippen LogP contribution in [0.4, 0.5) is 13.2 Å². The average Bonchev–Trinajstić information content (AvgIpc) is 3.06. The highest BCUT2D eigenvalue weighted by Crippen LogP contribution is 2.16. The third-order valence-corrected chi connectivity index (χ3v) is 3.67. The van der Waals surface area contributed by atoms with E-state index in [2.05, 4.69) is 32.5 Å². The molecule has 0 fully saturated rings. The minimum atomic E-state index is -4.29. The summed E-state index contributed by atoms with van der Waals surface area (Å²) in [6, 6.07) is 7.63. The lowest BCUT2D eigenvalue weighted by molar-refractivity contribution is -0.176. The molecule has 0 aromatic heterocycles. The monoisotopic (exact) mass is 483 g/mol. The summed E-state index contributed by atoms with van der Waals surface area (Å²) in [7, 11) is 0. The van der Waals surface area contributed by atoms with Gasteiger partial charge in [-0.05, 0) is 30.9 Å². The molecule has 1 aliphatic rings. The Morgan fingerprint density at radius 1 is 1.15 bits per heavy atom. The van der Waals surface area contributed by atoms with Crippen LogP contribution in [0.3, 0.4) is 0 Å². The smallest absolute Gasteiger partial charge is 0.367 e. The minimum Gasteiger partial charge on any atom is -0.367 e. The van der Waals surface area contributed by atoms with Crippen LogP contribution in [-0.4, -0.2) is 31.3 Å². The molecule has 0 saturated carbocycles. The first kappa shape index (κ1) is 22.8. The zero-order valence-corrected chi connectivity index (χ0v) is 17.0. The topological polar surface area (TPSA) is 45.7 Å². The highest BCUT2D eigenvalue weighted by molar-refractivity contribution is 14.0. The summed E-state index contributed by atoms with van der Waals surface area (Å²) in [6.45, 7) is 2.01. The number of aliphatic imine (C=N–C) groups is 1. The van der Waals surface area contributed by atoms with E-state index in [1.807, 2.05) is 19.1 Å². The molecule has 8 heteroatoms. The molecule has 1 aromatic rings. The second kappa shape index (κ2) is 11.4.